The molecule has 1 aliphatic heterocycles. The molecule has 4 N–H and O–H groups in total. The van der Waals surface area contributed by atoms with Gasteiger partial charge in [-0.25, -0.2) is 4.79 Å². The molecule has 2 rings (SSSR count). The second-order valence-corrected chi connectivity index (χ2v) is 5.70. The predicted octanol–water partition coefficient (Wildman–Crippen LogP) is 0.322. The lowest BCUT2D eigenvalue weighted by atomic mass is 10.0. The van der Waals surface area contributed by atoms with E-state index in [2.05, 4.69) is 5.32 Å². The van der Waals surface area contributed by atoms with Gasteiger partial charge in [0.15, 0.2) is 6.10 Å². The SMILES string of the molecule is C[C@@H]1C[C@H](C(=O)NCCc2cccc(C(N)=O)c2)O[C@H]1C(=O)O. The van der Waals surface area contributed by atoms with Crippen LogP contribution in [0.3, 0.4) is 0 Å². The van der Waals surface area contributed by atoms with E-state index < -0.39 is 24.1 Å². The molecule has 1 aromatic rings. The Bertz CT molecular complexity index is 616. The number of carbonyl (C=O) groups excluding carboxylic acids is 2. The van der Waals surface area contributed by atoms with E-state index in [1.807, 2.05) is 6.07 Å². The van der Waals surface area contributed by atoms with Crippen molar-refractivity contribution in [3.8, 4) is 0 Å². The minimum atomic E-state index is -1.05. The molecule has 0 radical (unpaired) electrons. The maximum atomic E-state index is 12.0. The van der Waals surface area contributed by atoms with Gasteiger partial charge < -0.3 is 20.9 Å². The van der Waals surface area contributed by atoms with Crippen LogP contribution in [-0.4, -0.2) is 41.6 Å². The van der Waals surface area contributed by atoms with E-state index in [0.717, 1.165) is 5.56 Å². The van der Waals surface area contributed by atoms with Gasteiger partial charge in [0.2, 0.25) is 11.8 Å². The fraction of sp³-hybridized carbons (Fsp3) is 0.438. The summed E-state index contributed by atoms with van der Waals surface area (Å²) in [6, 6.07) is 6.89. The Morgan fingerprint density at radius 2 is 2.13 bits per heavy atom. The fourth-order valence-corrected chi connectivity index (χ4v) is 2.62. The van der Waals surface area contributed by atoms with Gasteiger partial charge in [0.05, 0.1) is 0 Å². The highest BCUT2D eigenvalue weighted by atomic mass is 16.5. The van der Waals surface area contributed by atoms with Crippen LogP contribution in [0.1, 0.15) is 29.3 Å². The van der Waals surface area contributed by atoms with Crippen LogP contribution in [-0.2, 0) is 20.7 Å². The van der Waals surface area contributed by atoms with Gasteiger partial charge in [-0.2, -0.15) is 0 Å². The van der Waals surface area contributed by atoms with Crippen molar-refractivity contribution >= 4 is 17.8 Å². The van der Waals surface area contributed by atoms with Gasteiger partial charge in [0.25, 0.3) is 0 Å². The van der Waals surface area contributed by atoms with E-state index in [0.29, 0.717) is 24.9 Å². The van der Waals surface area contributed by atoms with Crippen LogP contribution in [0.5, 0.6) is 0 Å². The normalized spacial score (nSPS) is 23.4. The minimum Gasteiger partial charge on any atom is -0.479 e. The van der Waals surface area contributed by atoms with E-state index >= 15 is 0 Å². The Kier molecular flexibility index (Phi) is 5.33. The van der Waals surface area contributed by atoms with E-state index in [1.165, 1.54) is 0 Å². The molecule has 3 atom stereocenters. The number of nitrogens with two attached hydrogens (primary N) is 1. The molecule has 0 aromatic heterocycles. The zero-order valence-corrected chi connectivity index (χ0v) is 12.8. The summed E-state index contributed by atoms with van der Waals surface area (Å²) in [5.74, 6) is -2.05. The van der Waals surface area contributed by atoms with Crippen molar-refractivity contribution in [3.63, 3.8) is 0 Å². The maximum Gasteiger partial charge on any atom is 0.333 e. The highest BCUT2D eigenvalue weighted by molar-refractivity contribution is 5.92. The molecule has 0 bridgehead atoms. The molecule has 0 saturated carbocycles. The lowest BCUT2D eigenvalue weighted by Gasteiger charge is -2.12. The lowest BCUT2D eigenvalue weighted by molar-refractivity contribution is -0.153. The number of ether oxygens (including phenoxy) is 1. The van der Waals surface area contributed by atoms with Crippen molar-refractivity contribution in [2.24, 2.45) is 11.7 Å². The molecule has 7 nitrogen and oxygen atoms in total. The molecule has 124 valence electrons. The van der Waals surface area contributed by atoms with Crippen molar-refractivity contribution in [2.75, 3.05) is 6.54 Å². The highest BCUT2D eigenvalue weighted by Crippen LogP contribution is 2.26. The quantitative estimate of drug-likeness (QED) is 0.697. The van der Waals surface area contributed by atoms with Gasteiger partial charge in [-0.3, -0.25) is 9.59 Å². The lowest BCUT2D eigenvalue weighted by Crippen LogP contribution is -2.36. The smallest absolute Gasteiger partial charge is 0.333 e. The number of carboxylic acid groups (broad SMARTS) is 1. The van der Waals surface area contributed by atoms with Crippen LogP contribution >= 0.6 is 0 Å². The van der Waals surface area contributed by atoms with Crippen molar-refractivity contribution < 1.29 is 24.2 Å². The van der Waals surface area contributed by atoms with Crippen LogP contribution in [0.4, 0.5) is 0 Å². The molecule has 2 amide bonds. The van der Waals surface area contributed by atoms with E-state index in [9.17, 15) is 14.4 Å². The van der Waals surface area contributed by atoms with E-state index in [-0.39, 0.29) is 11.8 Å². The summed E-state index contributed by atoms with van der Waals surface area (Å²) in [4.78, 5) is 34.1. The first-order valence-electron chi connectivity index (χ1n) is 7.43. The zero-order chi connectivity index (χ0) is 17.0. The standard InChI is InChI=1S/C16H20N2O5/c1-9-7-12(23-13(9)16(21)22)15(20)18-6-5-10-3-2-4-11(8-10)14(17)19/h2-4,8-9,12-13H,5-7H2,1H3,(H2,17,19)(H,18,20)(H,21,22)/t9-,12-,13-/m1/s1. The molecule has 0 aliphatic carbocycles. The van der Waals surface area contributed by atoms with Crippen molar-refractivity contribution in [2.45, 2.75) is 32.0 Å². The van der Waals surface area contributed by atoms with Crippen LogP contribution in [0.25, 0.3) is 0 Å². The zero-order valence-electron chi connectivity index (χ0n) is 12.8. The molecular weight excluding hydrogens is 300 g/mol. The minimum absolute atomic E-state index is 0.199. The Balaban J connectivity index is 1.83. The average Bonchev–Trinajstić information content (AvgIpc) is 2.89. The first kappa shape index (κ1) is 17.0. The van der Waals surface area contributed by atoms with Gasteiger partial charge in [0.1, 0.15) is 6.10 Å². The molecule has 23 heavy (non-hydrogen) atoms. The number of benzene rings is 1. The Morgan fingerprint density at radius 3 is 2.74 bits per heavy atom. The number of aliphatic carboxylic acids is 1. The Labute approximate surface area is 133 Å². The Hall–Kier alpha value is -2.41. The van der Waals surface area contributed by atoms with E-state index in [4.69, 9.17) is 15.6 Å². The van der Waals surface area contributed by atoms with Crippen molar-refractivity contribution in [3.05, 3.63) is 35.4 Å². The number of carboxylic acids is 1. The summed E-state index contributed by atoms with van der Waals surface area (Å²) < 4.78 is 5.28. The molecular formula is C16H20N2O5. The molecule has 0 unspecified atom stereocenters. The third kappa shape index (κ3) is 4.29. The summed E-state index contributed by atoms with van der Waals surface area (Å²) in [6.07, 6.45) is -0.738. The van der Waals surface area contributed by atoms with Gasteiger partial charge in [-0.15, -0.1) is 0 Å². The van der Waals surface area contributed by atoms with Crippen molar-refractivity contribution in [1.29, 1.82) is 0 Å². The number of carbonyl (C=O) groups is 3. The number of amides is 2. The summed E-state index contributed by atoms with van der Waals surface area (Å²) in [5.41, 5.74) is 6.52. The van der Waals surface area contributed by atoms with Gasteiger partial charge in [0, 0.05) is 12.1 Å². The van der Waals surface area contributed by atoms with Gasteiger partial charge in [-0.05, 0) is 36.5 Å². The number of primary amides is 1. The first-order valence-corrected chi connectivity index (χ1v) is 7.43. The largest absolute Gasteiger partial charge is 0.479 e. The summed E-state index contributed by atoms with van der Waals surface area (Å²) in [7, 11) is 0. The topological polar surface area (TPSA) is 119 Å². The fourth-order valence-electron chi connectivity index (χ4n) is 2.62. The summed E-state index contributed by atoms with van der Waals surface area (Å²) >= 11 is 0. The summed E-state index contributed by atoms with van der Waals surface area (Å²) in [5, 5.41) is 11.7. The molecule has 0 spiro atoms. The van der Waals surface area contributed by atoms with Gasteiger partial charge >= 0.3 is 5.97 Å². The predicted molar refractivity (Wildman–Crippen MR) is 81.8 cm³/mol. The monoisotopic (exact) mass is 320 g/mol. The first-order chi connectivity index (χ1) is 10.9. The molecule has 1 fully saturated rings. The molecule has 1 heterocycles. The summed E-state index contributed by atoms with van der Waals surface area (Å²) in [6.45, 7) is 2.12. The van der Waals surface area contributed by atoms with E-state index in [1.54, 1.807) is 25.1 Å². The molecule has 7 heteroatoms. The van der Waals surface area contributed by atoms with Crippen LogP contribution < -0.4 is 11.1 Å². The molecule has 1 aliphatic rings. The maximum absolute atomic E-state index is 12.0. The molecule has 1 aromatic carbocycles. The Morgan fingerprint density at radius 1 is 1.39 bits per heavy atom. The molecule has 1 saturated heterocycles. The number of hydrogen-bond donors (Lipinski definition) is 3. The number of rotatable bonds is 6. The van der Waals surface area contributed by atoms with Crippen LogP contribution in [0.2, 0.25) is 0 Å². The second kappa shape index (κ2) is 7.23. The third-order valence-electron chi connectivity index (χ3n) is 3.87. The average molecular weight is 320 g/mol. The highest BCUT2D eigenvalue weighted by Gasteiger charge is 2.40. The third-order valence-corrected chi connectivity index (χ3v) is 3.87. The second-order valence-electron chi connectivity index (χ2n) is 5.70. The number of hydrogen-bond acceptors (Lipinski definition) is 4. The number of nitrogens with one attached hydrogen (secondary N) is 1. The van der Waals surface area contributed by atoms with Crippen LogP contribution in [0, 0.1) is 5.92 Å². The van der Waals surface area contributed by atoms with Gasteiger partial charge in [-0.1, -0.05) is 19.1 Å². The van der Waals surface area contributed by atoms with Crippen molar-refractivity contribution in [1.82, 2.24) is 5.32 Å². The van der Waals surface area contributed by atoms with Crippen LogP contribution in [0.15, 0.2) is 24.3 Å².